The summed E-state index contributed by atoms with van der Waals surface area (Å²) in [5.74, 6) is -10.5. The largest absolute Gasteiger partial charge is 0.460 e. The monoisotopic (exact) mass is 1530 g/mol. The average Bonchev–Trinajstić information content (AvgIpc) is 0.752. The minimum Gasteiger partial charge on any atom is -0.460 e. The van der Waals surface area contributed by atoms with Gasteiger partial charge in [0.15, 0.2) is 40.9 Å². The van der Waals surface area contributed by atoms with E-state index >= 15 is 0 Å². The number of hydrogen-bond acceptors (Lipinski definition) is 25. The summed E-state index contributed by atoms with van der Waals surface area (Å²) in [6.07, 6.45) is 9.45. The number of amides is 1. The van der Waals surface area contributed by atoms with Crippen molar-refractivity contribution in [3.05, 3.63) is 92.7 Å². The Morgan fingerprint density at radius 2 is 1.40 bits per heavy atom. The number of nitrogens with two attached hydrogens (primary N) is 1. The number of rotatable bonds is 12. The van der Waals surface area contributed by atoms with Crippen molar-refractivity contribution >= 4 is 69.1 Å². The summed E-state index contributed by atoms with van der Waals surface area (Å²) in [4.78, 5) is 145. The molecular formula is C84H119N5O21. The molecule has 5 fully saturated rings. The molecule has 26 nitrogen and oxygen atoms in total. The quantitative estimate of drug-likeness (QED) is 0.0188. The van der Waals surface area contributed by atoms with Crippen molar-refractivity contribution in [3.8, 4) is 11.5 Å². The number of nitrogens with zero attached hydrogens (tertiary/aromatic N) is 2. The Bertz CT molecular complexity index is 3930. The third kappa shape index (κ3) is 21.2. The number of aromatic nitrogens is 1. The SMILES string of the molecule is CO[C@H]1CC2CC[C@@H](C)[C@@](O)(O2)C(=O)C(=O)N2CCCC[C@H]2C(=O)O[C@H](C(C)C[C@@H]2CC[C@@H](O)[C@H](OC)C2)CC(=O)[C@H](C)/C=C(\C)[C@@H](O)[C@@H](OC)C(=O)[C@H](C)C[C@H](C)/C=C/C=C/C=C/1C.Cc1ccc(C(=O)C2OCCCN[C@@H](C(C)C)C2=O)c2nc3c(C(=O)C4OCCCN[C@@H](C(C)C)C4=O)c(N)c(=O)cc-3oc12. The molecule has 606 valence electrons. The number of nitrogens with one attached hydrogen (secondary N) is 2. The van der Waals surface area contributed by atoms with Gasteiger partial charge in [0, 0.05) is 77.7 Å². The number of fused-ring (bicyclic) bond motifs is 5. The number of methoxy groups -OCH3 is 3. The van der Waals surface area contributed by atoms with Crippen LogP contribution in [0, 0.1) is 54.3 Å². The first-order chi connectivity index (χ1) is 52.2. The van der Waals surface area contributed by atoms with Crippen LogP contribution in [-0.4, -0.2) is 211 Å². The summed E-state index contributed by atoms with van der Waals surface area (Å²) in [7, 11) is 4.52. The van der Waals surface area contributed by atoms with E-state index in [0.717, 1.165) is 18.1 Å². The van der Waals surface area contributed by atoms with Crippen molar-refractivity contribution < 1.29 is 96.0 Å². The van der Waals surface area contributed by atoms with E-state index in [1.165, 1.54) is 18.1 Å². The molecular weight excluding hydrogens is 1410 g/mol. The van der Waals surface area contributed by atoms with Crippen LogP contribution in [0.25, 0.3) is 22.6 Å². The number of nitrogen functional groups attached to an aromatic ring is 1. The topological polar surface area (TPSA) is 375 Å². The first-order valence-corrected chi connectivity index (χ1v) is 39.4. The Morgan fingerprint density at radius 3 is 2.03 bits per heavy atom. The van der Waals surface area contributed by atoms with Crippen molar-refractivity contribution in [2.45, 2.75) is 252 Å². The Morgan fingerprint density at radius 1 is 0.745 bits per heavy atom. The van der Waals surface area contributed by atoms with Crippen LogP contribution in [0.4, 0.5) is 5.69 Å². The molecule has 9 rings (SSSR count). The summed E-state index contributed by atoms with van der Waals surface area (Å²) < 4.78 is 47.1. The summed E-state index contributed by atoms with van der Waals surface area (Å²) in [6, 6.07) is 1.94. The van der Waals surface area contributed by atoms with Crippen LogP contribution in [0.5, 0.6) is 0 Å². The van der Waals surface area contributed by atoms with Crippen molar-refractivity contribution in [1.82, 2.24) is 20.5 Å². The van der Waals surface area contributed by atoms with Gasteiger partial charge in [-0.05, 0) is 163 Å². The third-order valence-electron chi connectivity index (χ3n) is 22.9. The van der Waals surface area contributed by atoms with Crippen molar-refractivity contribution in [1.29, 1.82) is 0 Å². The lowest BCUT2D eigenvalue weighted by Crippen LogP contribution is -2.61. The number of ketones is 7. The lowest BCUT2D eigenvalue weighted by molar-refractivity contribution is -0.265. The molecule has 0 aromatic heterocycles. The molecule has 1 saturated carbocycles. The Kier molecular flexibility index (Phi) is 32.1. The van der Waals surface area contributed by atoms with Gasteiger partial charge in [-0.2, -0.15) is 0 Å². The van der Waals surface area contributed by atoms with E-state index in [-0.39, 0.29) is 119 Å². The number of carbonyl (C=O) groups is 9. The van der Waals surface area contributed by atoms with E-state index in [9.17, 15) is 63.3 Å². The molecule has 7 N–H and O–H groups in total. The lowest BCUT2D eigenvalue weighted by Gasteiger charge is -2.42. The maximum absolute atomic E-state index is 14.4. The summed E-state index contributed by atoms with van der Waals surface area (Å²) >= 11 is 0. The maximum Gasteiger partial charge on any atom is 0.329 e. The minimum absolute atomic E-state index is 0.0193. The van der Waals surface area contributed by atoms with Crippen LogP contribution in [0.1, 0.15) is 192 Å². The highest BCUT2D eigenvalue weighted by Gasteiger charge is 2.54. The smallest absolute Gasteiger partial charge is 0.329 e. The van der Waals surface area contributed by atoms with Gasteiger partial charge in [-0.1, -0.05) is 105 Å². The van der Waals surface area contributed by atoms with Crippen LogP contribution in [-0.2, 0) is 66.7 Å². The van der Waals surface area contributed by atoms with Crippen LogP contribution in [0.2, 0.25) is 0 Å². The molecule has 6 heterocycles. The molecule has 0 radical (unpaired) electrons. The van der Waals surface area contributed by atoms with Gasteiger partial charge in [0.05, 0.1) is 53.3 Å². The standard InChI is InChI=1S/C51H79NO13.C33H40N4O8/c1-30-16-12-11-13-17-31(2)42(61-8)28-38-21-19-36(7)51(60,65-38)48(57)49(58)52-23-15-14-18-39(52)50(59)64-43(33(4)26-37-20-22-40(53)44(27-37)62-9)29-41(54)32(3)25-35(6)46(56)47(63-10)45(55)34(5)24-30;1-15(2)23-29(41)32(43-12-6-10-35-23)27(39)18-9-8-17(5)31-25(18)37-26-20(45-31)14-19(38)22(34)21(26)28(40)33-30(42)24(16(3)4)36-11-7-13-44-33/h11-13,16-17,25,30,32-34,36-40,42-44,46-47,53,56,60H,14-15,18-24,26-29H2,1-10H3;8-9,14-16,23-24,32-33,35-36H,6-7,10-13,34H2,1-5H3/b13-11+,16-12+,31-17+,35-25+;/t30-,32-,33?,34-,36-,37+,38?,39+,40-,42+,43+,44-,46-,47+,51-;23-,24-,32?,33?/m10/s1. The Balaban J connectivity index is 0.000000294. The fourth-order valence-electron chi connectivity index (χ4n) is 16.1. The van der Waals surface area contributed by atoms with Gasteiger partial charge in [-0.15, -0.1) is 0 Å². The fraction of sp³-hybridized carbons (Fsp3) is 0.655. The van der Waals surface area contributed by atoms with E-state index in [1.807, 2.05) is 85.8 Å². The Hall–Kier alpha value is -7.21. The molecule has 1 aromatic rings. The number of aryl methyl sites for hydroxylation is 1. The third-order valence-corrected chi connectivity index (χ3v) is 22.9. The van der Waals surface area contributed by atoms with E-state index in [0.29, 0.717) is 94.9 Å². The summed E-state index contributed by atoms with van der Waals surface area (Å²) in [6.45, 7) is 23.4. The second-order valence-electron chi connectivity index (χ2n) is 32.0. The number of ether oxygens (including phenoxy) is 7. The molecule has 8 aliphatic rings. The molecule has 26 heteroatoms. The maximum atomic E-state index is 14.4. The number of esters is 1. The first kappa shape index (κ1) is 88.4. The normalized spacial score (nSPS) is 33.5. The number of aliphatic hydroxyl groups excluding tert-OH is 2. The number of Topliss-reactive ketones (excluding diaryl/α,β-unsaturated/α-hetero) is 7. The van der Waals surface area contributed by atoms with E-state index in [2.05, 4.69) is 10.6 Å². The second-order valence-corrected chi connectivity index (χ2v) is 32.0. The zero-order chi connectivity index (χ0) is 80.7. The molecule has 1 aromatic carbocycles. The second kappa shape index (κ2) is 40.0. The van der Waals surface area contributed by atoms with E-state index in [4.69, 9.17) is 48.3 Å². The minimum atomic E-state index is -2.43. The molecule has 2 aliphatic carbocycles. The van der Waals surface area contributed by atoms with Gasteiger partial charge in [-0.25, -0.2) is 9.78 Å². The first-order valence-electron chi connectivity index (χ1n) is 39.4. The van der Waals surface area contributed by atoms with Crippen LogP contribution >= 0.6 is 0 Å². The van der Waals surface area contributed by atoms with Gasteiger partial charge in [-0.3, -0.25) is 43.2 Å². The lowest BCUT2D eigenvalue weighted by atomic mass is 9.78. The average molecular weight is 1530 g/mol. The predicted molar refractivity (Wildman–Crippen MR) is 412 cm³/mol. The number of carbonyl (C=O) groups excluding carboxylic acids is 9. The molecule has 4 saturated heterocycles. The zero-order valence-electron chi connectivity index (χ0n) is 66.8. The van der Waals surface area contributed by atoms with Gasteiger partial charge < -0.3 is 74.2 Å². The molecule has 6 aliphatic heterocycles. The van der Waals surface area contributed by atoms with Gasteiger partial charge >= 0.3 is 5.97 Å². The van der Waals surface area contributed by atoms with Gasteiger partial charge in [0.1, 0.15) is 41.3 Å². The zero-order valence-corrected chi connectivity index (χ0v) is 66.8. The van der Waals surface area contributed by atoms with Crippen molar-refractivity contribution in [2.75, 3.05) is 59.9 Å². The number of anilines is 1. The summed E-state index contributed by atoms with van der Waals surface area (Å²) in [5, 5.41) is 40.2. The number of allylic oxidation sites excluding steroid dienone is 6. The van der Waals surface area contributed by atoms with Crippen molar-refractivity contribution in [3.63, 3.8) is 0 Å². The number of aliphatic hydroxyl groups is 3. The molecule has 19 atom stereocenters. The number of cyclic esters (lactones) is 1. The molecule has 0 spiro atoms. The van der Waals surface area contributed by atoms with E-state index < -0.39 is 137 Å². The van der Waals surface area contributed by atoms with Crippen LogP contribution in [0.15, 0.2) is 75.0 Å². The fourth-order valence-corrected chi connectivity index (χ4v) is 16.1. The van der Waals surface area contributed by atoms with E-state index in [1.54, 1.807) is 54.1 Å². The highest BCUT2D eigenvalue weighted by atomic mass is 16.6. The summed E-state index contributed by atoms with van der Waals surface area (Å²) in [5.41, 5.74) is 6.89. The Labute approximate surface area is 646 Å². The van der Waals surface area contributed by atoms with Crippen LogP contribution in [0.3, 0.4) is 0 Å². The van der Waals surface area contributed by atoms with Gasteiger partial charge in [0.25, 0.3) is 11.7 Å². The van der Waals surface area contributed by atoms with Crippen molar-refractivity contribution in [2.24, 2.45) is 47.3 Å². The number of hydrogen-bond donors (Lipinski definition) is 6. The molecule has 1 amide bonds. The van der Waals surface area contributed by atoms with Crippen LogP contribution < -0.4 is 21.8 Å². The predicted octanol–water partition coefficient (Wildman–Crippen LogP) is 8.67. The molecule has 2 bridgehead atoms. The number of piperidine rings is 1. The molecule has 4 unspecified atom stereocenters. The highest BCUT2D eigenvalue weighted by molar-refractivity contribution is 6.39. The number of benzene rings is 2. The van der Waals surface area contributed by atoms with Gasteiger partial charge in [0.2, 0.25) is 22.8 Å². The molecule has 110 heavy (non-hydrogen) atoms. The highest BCUT2D eigenvalue weighted by Crippen LogP contribution is 2.40.